The third-order valence-electron chi connectivity index (χ3n) is 3.78. The molecule has 0 radical (unpaired) electrons. The molecule has 1 aromatic carbocycles. The fourth-order valence-electron chi connectivity index (χ4n) is 2.45. The maximum absolute atomic E-state index is 2.28. The van der Waals surface area contributed by atoms with Crippen LogP contribution in [0.4, 0.5) is 5.69 Å². The number of benzene rings is 1. The number of fused-ring (bicyclic) bond motifs is 1. The van der Waals surface area contributed by atoms with E-state index in [0.29, 0.717) is 0 Å². The van der Waals surface area contributed by atoms with Gasteiger partial charge in [-0.15, -0.1) is 3.96 Å². The number of aryl methyl sites for hydroxylation is 1. The lowest BCUT2D eigenvalue weighted by molar-refractivity contribution is -0.501. The molecule has 0 unspecified atom stereocenters. The number of anilines is 1. The maximum atomic E-state index is 2.28. The van der Waals surface area contributed by atoms with Gasteiger partial charge in [0, 0.05) is 43.9 Å². The van der Waals surface area contributed by atoms with Gasteiger partial charge in [-0.2, -0.15) is 0 Å². The van der Waals surface area contributed by atoms with Crippen LogP contribution in [0.5, 0.6) is 0 Å². The van der Waals surface area contributed by atoms with Gasteiger partial charge in [0.25, 0.3) is 0 Å². The lowest BCUT2D eigenvalue weighted by atomic mass is 10.2. The van der Waals surface area contributed by atoms with Crippen molar-refractivity contribution in [2.45, 2.75) is 13.3 Å². The Hall–Kier alpha value is -2.13. The summed E-state index contributed by atoms with van der Waals surface area (Å²) in [6.07, 6.45) is 5.37. The standard InChI is InChI=1S/C19H21N2S/c1-4-17-14-16-6-5-7-19(16)22-21(17)13-12-15-8-10-18(11-9-15)20(2)3/h5-14H,4H2,1-3H3/q+1. The van der Waals surface area contributed by atoms with E-state index in [1.165, 1.54) is 27.4 Å². The molecule has 0 atom stereocenters. The molecule has 1 aliphatic heterocycles. The SMILES string of the molecule is CCc1cc2cccc-2s[n+]1C=Cc1ccc(N(C)C)cc1. The number of hydrogen-bond acceptors (Lipinski definition) is 2. The van der Waals surface area contributed by atoms with E-state index >= 15 is 0 Å². The van der Waals surface area contributed by atoms with Crippen LogP contribution in [0.1, 0.15) is 18.2 Å². The minimum atomic E-state index is 1.03. The molecule has 1 heterocycles. The number of rotatable bonds is 4. The average molecular weight is 309 g/mol. The molecule has 112 valence electrons. The molecule has 2 nitrogen and oxygen atoms in total. The Morgan fingerprint density at radius 1 is 1.09 bits per heavy atom. The summed E-state index contributed by atoms with van der Waals surface area (Å²) >= 11 is 1.79. The van der Waals surface area contributed by atoms with E-state index in [0.717, 1.165) is 6.42 Å². The van der Waals surface area contributed by atoms with Crippen LogP contribution >= 0.6 is 11.5 Å². The first kappa shape index (κ1) is 14.8. The Morgan fingerprint density at radius 2 is 1.86 bits per heavy atom. The molecule has 0 aromatic heterocycles. The molecule has 0 spiro atoms. The summed E-state index contributed by atoms with van der Waals surface area (Å²) in [7, 11) is 4.12. The Labute approximate surface area is 136 Å². The Kier molecular flexibility index (Phi) is 4.25. The van der Waals surface area contributed by atoms with Crippen LogP contribution in [-0.4, -0.2) is 14.1 Å². The van der Waals surface area contributed by atoms with Crippen molar-refractivity contribution < 1.29 is 3.96 Å². The van der Waals surface area contributed by atoms with Gasteiger partial charge in [-0.3, -0.25) is 0 Å². The molecule has 0 bridgehead atoms. The van der Waals surface area contributed by atoms with Gasteiger partial charge in [-0.25, -0.2) is 0 Å². The summed E-state index contributed by atoms with van der Waals surface area (Å²) in [4.78, 5) is 3.44. The van der Waals surface area contributed by atoms with Crippen LogP contribution in [0.3, 0.4) is 0 Å². The smallest absolute Gasteiger partial charge is 0.201 e. The monoisotopic (exact) mass is 309 g/mol. The van der Waals surface area contributed by atoms with Gasteiger partial charge >= 0.3 is 0 Å². The van der Waals surface area contributed by atoms with E-state index in [2.05, 4.69) is 90.7 Å². The molecule has 3 heteroatoms. The minimum Gasteiger partial charge on any atom is -0.378 e. The summed E-state index contributed by atoms with van der Waals surface area (Å²) in [5.41, 5.74) is 5.11. The Balaban J connectivity index is 1.90. The average Bonchev–Trinajstić information content (AvgIpc) is 2.99. The van der Waals surface area contributed by atoms with E-state index in [4.69, 9.17) is 0 Å². The predicted molar refractivity (Wildman–Crippen MR) is 96.5 cm³/mol. The summed E-state index contributed by atoms with van der Waals surface area (Å²) in [6.45, 7) is 2.20. The summed E-state index contributed by atoms with van der Waals surface area (Å²) in [6, 6.07) is 17.4. The predicted octanol–water partition coefficient (Wildman–Crippen LogP) is 4.40. The second-order valence-electron chi connectivity index (χ2n) is 5.55. The maximum Gasteiger partial charge on any atom is 0.201 e. The fourth-order valence-corrected chi connectivity index (χ4v) is 3.45. The first-order valence-corrected chi connectivity index (χ1v) is 8.34. The fraction of sp³-hybridized carbons (Fsp3) is 0.211. The van der Waals surface area contributed by atoms with E-state index in [1.54, 1.807) is 11.5 Å². The second-order valence-corrected chi connectivity index (χ2v) is 6.57. The van der Waals surface area contributed by atoms with Crippen molar-refractivity contribution in [1.82, 2.24) is 0 Å². The first-order valence-electron chi connectivity index (χ1n) is 7.56. The van der Waals surface area contributed by atoms with Crippen LogP contribution in [0, 0.1) is 0 Å². The summed E-state index contributed by atoms with van der Waals surface area (Å²) < 4.78 is 2.27. The number of aromatic nitrogens is 1. The second kappa shape index (κ2) is 6.32. The zero-order chi connectivity index (χ0) is 15.5. The van der Waals surface area contributed by atoms with Gasteiger partial charge in [0.05, 0.1) is 4.88 Å². The van der Waals surface area contributed by atoms with Crippen LogP contribution in [0.2, 0.25) is 0 Å². The van der Waals surface area contributed by atoms with Crippen LogP contribution in [0.15, 0.2) is 48.5 Å². The first-order chi connectivity index (χ1) is 10.7. The highest BCUT2D eigenvalue weighted by molar-refractivity contribution is 7.05. The number of nitrogens with zero attached hydrogens (tertiary/aromatic N) is 2. The third kappa shape index (κ3) is 3.04. The lowest BCUT2D eigenvalue weighted by Gasteiger charge is -2.11. The Morgan fingerprint density at radius 3 is 2.55 bits per heavy atom. The largest absolute Gasteiger partial charge is 0.378 e. The van der Waals surface area contributed by atoms with Crippen molar-refractivity contribution >= 4 is 29.5 Å². The minimum absolute atomic E-state index is 1.03. The van der Waals surface area contributed by atoms with Crippen molar-refractivity contribution in [3.63, 3.8) is 0 Å². The van der Waals surface area contributed by atoms with Crippen molar-refractivity contribution in [3.8, 4) is 10.4 Å². The summed E-state index contributed by atoms with van der Waals surface area (Å²) in [5, 5.41) is 0. The molecule has 22 heavy (non-hydrogen) atoms. The van der Waals surface area contributed by atoms with Crippen LogP contribution in [-0.2, 0) is 6.42 Å². The Bertz CT molecular complexity index is 754. The lowest BCUT2D eigenvalue weighted by Crippen LogP contribution is -2.28. The van der Waals surface area contributed by atoms with Crippen LogP contribution < -0.4 is 8.86 Å². The molecule has 0 saturated carbocycles. The highest BCUT2D eigenvalue weighted by atomic mass is 32.1. The molecule has 3 rings (SSSR count). The number of hydrogen-bond donors (Lipinski definition) is 0. The molecule has 1 aliphatic carbocycles. The van der Waals surface area contributed by atoms with Crippen molar-refractivity contribution in [3.05, 3.63) is 59.8 Å². The highest BCUT2D eigenvalue weighted by Gasteiger charge is 2.14. The van der Waals surface area contributed by atoms with Gasteiger partial charge in [0.1, 0.15) is 11.5 Å². The topological polar surface area (TPSA) is 7.12 Å². The van der Waals surface area contributed by atoms with Gasteiger partial charge in [-0.05, 0) is 23.8 Å². The molecule has 0 amide bonds. The third-order valence-corrected chi connectivity index (χ3v) is 4.91. The van der Waals surface area contributed by atoms with Crippen molar-refractivity contribution in [2.24, 2.45) is 0 Å². The van der Waals surface area contributed by atoms with E-state index in [1.807, 2.05) is 0 Å². The van der Waals surface area contributed by atoms with Gasteiger partial charge in [0.15, 0.2) is 6.20 Å². The van der Waals surface area contributed by atoms with Crippen molar-refractivity contribution in [1.29, 1.82) is 0 Å². The highest BCUT2D eigenvalue weighted by Crippen LogP contribution is 2.26. The molecule has 2 aliphatic rings. The normalized spacial score (nSPS) is 11.4. The molecule has 0 fully saturated rings. The molecular formula is C19H21N2S+. The molecular weight excluding hydrogens is 288 g/mol. The zero-order valence-electron chi connectivity index (χ0n) is 13.3. The van der Waals surface area contributed by atoms with Crippen molar-refractivity contribution in [2.75, 3.05) is 19.0 Å². The van der Waals surface area contributed by atoms with Gasteiger partial charge in [-0.1, -0.05) is 31.2 Å². The van der Waals surface area contributed by atoms with Gasteiger partial charge < -0.3 is 4.90 Å². The molecule has 1 aromatic rings. The quantitative estimate of drug-likeness (QED) is 0.648. The van der Waals surface area contributed by atoms with Crippen LogP contribution in [0.25, 0.3) is 22.7 Å². The van der Waals surface area contributed by atoms with E-state index in [9.17, 15) is 0 Å². The molecule has 0 saturated heterocycles. The molecule has 0 N–H and O–H groups in total. The van der Waals surface area contributed by atoms with E-state index < -0.39 is 0 Å². The van der Waals surface area contributed by atoms with Gasteiger partial charge in [0.2, 0.25) is 5.69 Å². The van der Waals surface area contributed by atoms with E-state index in [-0.39, 0.29) is 0 Å². The summed E-state index contributed by atoms with van der Waals surface area (Å²) in [5.74, 6) is 0. The zero-order valence-corrected chi connectivity index (χ0v) is 14.1.